The van der Waals surface area contributed by atoms with Crippen LogP contribution in [-0.2, 0) is 25.5 Å². The van der Waals surface area contributed by atoms with Gasteiger partial charge in [0.2, 0.25) is 0 Å². The Morgan fingerprint density at radius 2 is 0.767 bits per heavy atom. The Kier molecular flexibility index (Phi) is 19.6. The number of rotatable bonds is 8. The molecule has 0 N–H and O–H groups in total. The van der Waals surface area contributed by atoms with Gasteiger partial charge in [-0.3, -0.25) is 0 Å². The van der Waals surface area contributed by atoms with Gasteiger partial charge in [0.25, 0.3) is 0 Å². The second-order valence-corrected chi connectivity index (χ2v) is 23.4. The van der Waals surface area contributed by atoms with E-state index in [-0.39, 0.29) is 15.8 Å². The molecule has 0 unspecified atom stereocenters. The summed E-state index contributed by atoms with van der Waals surface area (Å²) in [5, 5.41) is 1.40. The molecule has 2 aromatic carbocycles. The molecular weight excluding hydrogens is 656 g/mol. The van der Waals surface area contributed by atoms with Crippen molar-refractivity contribution in [3.8, 4) is 11.5 Å². The van der Waals surface area contributed by atoms with Crippen molar-refractivity contribution in [2.45, 2.75) is 117 Å². The van der Waals surface area contributed by atoms with Gasteiger partial charge in [0, 0.05) is 0 Å². The maximum absolute atomic E-state index is 5.19. The molecule has 0 aliphatic heterocycles. The molecule has 0 fully saturated rings. The summed E-state index contributed by atoms with van der Waals surface area (Å²) in [7, 11) is 12.5. The van der Waals surface area contributed by atoms with Crippen LogP contribution >= 0.6 is 36.2 Å². The zero-order chi connectivity index (χ0) is 33.5. The quantitative estimate of drug-likeness (QED) is 0.200. The van der Waals surface area contributed by atoms with Gasteiger partial charge >= 0.3 is 33.0 Å². The van der Waals surface area contributed by atoms with Gasteiger partial charge in [0.15, 0.2) is 0 Å². The summed E-state index contributed by atoms with van der Waals surface area (Å²) in [4.78, 5) is 0. The molecule has 0 saturated carbocycles. The molecule has 0 atom stereocenters. The van der Waals surface area contributed by atoms with E-state index in [2.05, 4.69) is 131 Å². The molecule has 2 rings (SSSR count). The molecule has 0 saturated heterocycles. The molecule has 2 nitrogen and oxygen atoms in total. The number of methoxy groups -OCH3 is 2. The number of hydrogen-bond acceptors (Lipinski definition) is 2. The van der Waals surface area contributed by atoms with Gasteiger partial charge in [-0.2, -0.15) is 0 Å². The van der Waals surface area contributed by atoms with Crippen LogP contribution in [0, 0.1) is 0 Å². The van der Waals surface area contributed by atoms with Crippen molar-refractivity contribution in [3.63, 3.8) is 0 Å². The van der Waals surface area contributed by atoms with Crippen LogP contribution in [0.2, 0.25) is 0 Å². The molecule has 0 aliphatic rings. The molecule has 0 radical (unpaired) electrons. The number of allylic oxidation sites excluding steroid dienone is 2. The Balaban J connectivity index is 0.000000751. The monoisotopic (exact) mass is 712 g/mol. The van der Waals surface area contributed by atoms with Crippen LogP contribution in [0.4, 0.5) is 0 Å². The Hall–Kier alpha value is -0.546. The van der Waals surface area contributed by atoms with E-state index in [1.165, 1.54) is 11.1 Å². The second-order valence-electron chi connectivity index (χ2n) is 14.3. The van der Waals surface area contributed by atoms with Gasteiger partial charge in [0.1, 0.15) is 11.5 Å². The van der Waals surface area contributed by atoms with Gasteiger partial charge in [-0.1, -0.05) is 147 Å². The standard InChI is InChI=1S/2C18H29OP.2ClH.Ni/c2*1-17(2,3)20(18(4,5)6)14-8-9-15-10-12-16(19-7)13-11-15;;;/h2*8,10-14H,9H2,1-7H3;2*1H;/q;;;;+2/p-2. The van der Waals surface area contributed by atoms with Crippen molar-refractivity contribution >= 4 is 36.2 Å². The topological polar surface area (TPSA) is 18.5 Å². The summed E-state index contributed by atoms with van der Waals surface area (Å²) in [6.45, 7) is 28.2. The Bertz CT molecular complexity index is 958. The third-order valence-corrected chi connectivity index (χ3v) is 13.2. The van der Waals surface area contributed by atoms with Crippen LogP contribution in [0.15, 0.2) is 72.3 Å². The van der Waals surface area contributed by atoms with Crippen LogP contribution in [0.5, 0.6) is 11.5 Å². The minimum atomic E-state index is -0.154. The molecule has 0 amide bonds. The van der Waals surface area contributed by atoms with Crippen molar-refractivity contribution < 1.29 is 22.1 Å². The van der Waals surface area contributed by atoms with E-state index in [0.29, 0.717) is 33.3 Å². The maximum atomic E-state index is 5.19. The first-order valence-electron chi connectivity index (χ1n) is 14.7. The Labute approximate surface area is 282 Å². The third kappa shape index (κ3) is 18.3. The Morgan fingerprint density at radius 3 is 0.953 bits per heavy atom. The van der Waals surface area contributed by atoms with Crippen LogP contribution in [0.25, 0.3) is 0 Å². The number of hydrogen-bond donors (Lipinski definition) is 0. The van der Waals surface area contributed by atoms with Gasteiger partial charge < -0.3 is 9.47 Å². The zero-order valence-electron chi connectivity index (χ0n) is 29.1. The molecule has 0 aromatic heterocycles. The van der Waals surface area contributed by atoms with Crippen LogP contribution in [0.3, 0.4) is 0 Å². The first-order chi connectivity index (χ1) is 19.7. The fourth-order valence-electron chi connectivity index (χ4n) is 5.02. The second kappa shape index (κ2) is 19.9. The summed E-state index contributed by atoms with van der Waals surface area (Å²) < 4.78 is 10.4. The minimum absolute atomic E-state index is 0.154. The van der Waals surface area contributed by atoms with Crippen LogP contribution < -0.4 is 9.47 Å². The predicted octanol–water partition coefficient (Wildman–Crippen LogP) is 13.0. The fraction of sp³-hybridized carbons (Fsp3) is 0.556. The van der Waals surface area contributed by atoms with E-state index in [1.54, 1.807) is 14.2 Å². The van der Waals surface area contributed by atoms with Crippen molar-refractivity contribution in [2.75, 3.05) is 14.2 Å². The normalized spacial score (nSPS) is 12.8. The molecule has 2 aromatic rings. The van der Waals surface area contributed by atoms with E-state index >= 15 is 0 Å². The molecule has 0 bridgehead atoms. The van der Waals surface area contributed by atoms with Gasteiger partial charge in [0.05, 0.1) is 14.2 Å². The molecule has 7 heteroatoms. The van der Waals surface area contributed by atoms with E-state index < -0.39 is 0 Å². The summed E-state index contributed by atoms with van der Waals surface area (Å²) in [5.41, 5.74) is 2.67. The molecule has 248 valence electrons. The van der Waals surface area contributed by atoms with Crippen molar-refractivity contribution in [3.05, 3.63) is 83.4 Å². The van der Waals surface area contributed by atoms with E-state index in [1.807, 2.05) is 24.3 Å². The third-order valence-electron chi connectivity index (χ3n) is 6.43. The predicted molar refractivity (Wildman–Crippen MR) is 196 cm³/mol. The molecule has 43 heavy (non-hydrogen) atoms. The van der Waals surface area contributed by atoms with Gasteiger partial charge in [-0.15, -0.1) is 0 Å². The van der Waals surface area contributed by atoms with Gasteiger partial charge in [-0.05, 0) is 68.9 Å². The van der Waals surface area contributed by atoms with E-state index in [4.69, 9.17) is 29.9 Å². The summed E-state index contributed by atoms with van der Waals surface area (Å²) >= 11 is 0.569. The summed E-state index contributed by atoms with van der Waals surface area (Å²) in [5.74, 6) is 6.76. The van der Waals surface area contributed by atoms with Crippen molar-refractivity contribution in [2.24, 2.45) is 0 Å². The number of ether oxygens (including phenoxy) is 2. The van der Waals surface area contributed by atoms with Gasteiger partial charge in [-0.25, -0.2) is 0 Å². The average Bonchev–Trinajstić information content (AvgIpc) is 2.87. The van der Waals surface area contributed by atoms with Crippen LogP contribution in [0.1, 0.15) is 94.2 Å². The first-order valence-corrected chi connectivity index (χ1v) is 20.2. The zero-order valence-corrected chi connectivity index (χ0v) is 33.4. The first kappa shape index (κ1) is 42.5. The van der Waals surface area contributed by atoms with Crippen LogP contribution in [-0.4, -0.2) is 34.8 Å². The van der Waals surface area contributed by atoms with Crippen molar-refractivity contribution in [1.29, 1.82) is 0 Å². The number of halogens is 2. The molecule has 0 aliphatic carbocycles. The molecule has 0 heterocycles. The van der Waals surface area contributed by atoms with Crippen molar-refractivity contribution in [1.82, 2.24) is 0 Å². The van der Waals surface area contributed by atoms with E-state index in [0.717, 1.165) is 24.3 Å². The number of benzene rings is 2. The summed E-state index contributed by atoms with van der Waals surface area (Å²) in [6, 6.07) is 16.7. The molecule has 0 spiro atoms. The molecular formula is C36H58Cl2NiO2P2. The fourth-order valence-corrected chi connectivity index (χ4v) is 11.5. The Morgan fingerprint density at radius 1 is 0.535 bits per heavy atom. The summed E-state index contributed by atoms with van der Waals surface area (Å²) in [6.07, 6.45) is 6.66. The van der Waals surface area contributed by atoms with E-state index in [9.17, 15) is 0 Å². The SMILES string of the molecule is COc1ccc(CC=CP(C(C)(C)C)C(C)(C)C)cc1.COc1ccc(CC=CP(C(C)(C)C)C(C)(C)C)cc1.[Cl][Ni][Cl]. The average molecular weight is 714 g/mol.